The van der Waals surface area contributed by atoms with Crippen molar-refractivity contribution in [1.82, 2.24) is 9.80 Å². The molecule has 2 aliphatic rings. The van der Waals surface area contributed by atoms with Gasteiger partial charge < -0.3 is 24.6 Å². The first-order chi connectivity index (χ1) is 17.3. The van der Waals surface area contributed by atoms with Crippen molar-refractivity contribution in [1.29, 1.82) is 0 Å². The normalized spacial score (nSPS) is 23.1. The van der Waals surface area contributed by atoms with Crippen molar-refractivity contribution in [2.24, 2.45) is 11.8 Å². The van der Waals surface area contributed by atoms with Crippen LogP contribution >= 0.6 is 0 Å². The average molecular weight is 494 g/mol. The Morgan fingerprint density at radius 2 is 1.78 bits per heavy atom. The summed E-state index contributed by atoms with van der Waals surface area (Å²) >= 11 is 0. The second-order valence-corrected chi connectivity index (χ2v) is 9.90. The lowest BCUT2D eigenvalue weighted by atomic mass is 10.0. The van der Waals surface area contributed by atoms with Gasteiger partial charge in [-0.2, -0.15) is 0 Å². The molecule has 3 amide bonds. The van der Waals surface area contributed by atoms with Crippen LogP contribution in [0.5, 0.6) is 5.75 Å². The van der Waals surface area contributed by atoms with E-state index in [0.717, 1.165) is 12.8 Å². The summed E-state index contributed by atoms with van der Waals surface area (Å²) < 4.78 is 11.9. The molecule has 1 N–H and O–H groups in total. The smallest absolute Gasteiger partial charge is 0.257 e. The van der Waals surface area contributed by atoms with Crippen molar-refractivity contribution >= 4 is 23.4 Å². The van der Waals surface area contributed by atoms with Gasteiger partial charge in [-0.3, -0.25) is 14.4 Å². The molecule has 2 aromatic carbocycles. The van der Waals surface area contributed by atoms with E-state index in [0.29, 0.717) is 35.7 Å². The van der Waals surface area contributed by atoms with Crippen molar-refractivity contribution < 1.29 is 23.9 Å². The fourth-order valence-corrected chi connectivity index (χ4v) is 4.47. The highest BCUT2D eigenvalue weighted by Gasteiger charge is 2.32. The van der Waals surface area contributed by atoms with Crippen molar-refractivity contribution in [3.05, 3.63) is 59.7 Å². The van der Waals surface area contributed by atoms with Gasteiger partial charge in [-0.1, -0.05) is 25.1 Å². The lowest BCUT2D eigenvalue weighted by Gasteiger charge is -2.36. The fraction of sp³-hybridized carbons (Fsp3) is 0.464. The lowest BCUT2D eigenvalue weighted by Crippen LogP contribution is -2.48. The van der Waals surface area contributed by atoms with E-state index in [1.165, 1.54) is 0 Å². The summed E-state index contributed by atoms with van der Waals surface area (Å²) in [6, 6.07) is 14.0. The Morgan fingerprint density at radius 3 is 2.44 bits per heavy atom. The molecule has 0 saturated heterocycles. The fourth-order valence-electron chi connectivity index (χ4n) is 4.47. The van der Waals surface area contributed by atoms with E-state index in [2.05, 4.69) is 5.32 Å². The van der Waals surface area contributed by atoms with Crippen molar-refractivity contribution in [3.63, 3.8) is 0 Å². The third-order valence-electron chi connectivity index (χ3n) is 6.94. The van der Waals surface area contributed by atoms with Gasteiger partial charge in [-0.05, 0) is 44.0 Å². The summed E-state index contributed by atoms with van der Waals surface area (Å²) in [6.07, 6.45) is 1.54. The number of hydrogen-bond acceptors (Lipinski definition) is 5. The quantitative estimate of drug-likeness (QED) is 0.702. The Hall–Kier alpha value is -3.39. The SMILES string of the molecule is CO[C@@H]1CN(C)C(=O)c2ccc(NC(=O)C3CC3)cc2OC[C@@H](C)N(C(=O)c2ccccc2)C[C@H]1C. The molecule has 1 heterocycles. The van der Waals surface area contributed by atoms with E-state index in [1.807, 2.05) is 36.9 Å². The highest BCUT2D eigenvalue weighted by molar-refractivity contribution is 5.99. The van der Waals surface area contributed by atoms with Crippen molar-refractivity contribution in [2.75, 3.05) is 39.2 Å². The van der Waals surface area contributed by atoms with E-state index in [4.69, 9.17) is 9.47 Å². The first-order valence-electron chi connectivity index (χ1n) is 12.5. The zero-order valence-corrected chi connectivity index (χ0v) is 21.4. The molecule has 4 rings (SSSR count). The van der Waals surface area contributed by atoms with Gasteiger partial charge in [0.15, 0.2) is 0 Å². The number of fused-ring (bicyclic) bond motifs is 1. The average Bonchev–Trinajstić information content (AvgIpc) is 3.74. The van der Waals surface area contributed by atoms with Crippen LogP contribution in [0, 0.1) is 11.8 Å². The molecule has 0 radical (unpaired) electrons. The number of benzene rings is 2. The van der Waals surface area contributed by atoms with Gasteiger partial charge in [0.05, 0.1) is 17.7 Å². The first-order valence-corrected chi connectivity index (χ1v) is 12.5. The lowest BCUT2D eigenvalue weighted by molar-refractivity contribution is -0.117. The maximum Gasteiger partial charge on any atom is 0.257 e. The third kappa shape index (κ3) is 5.87. The molecule has 0 unspecified atom stereocenters. The second kappa shape index (κ2) is 11.1. The number of methoxy groups -OCH3 is 1. The molecule has 36 heavy (non-hydrogen) atoms. The summed E-state index contributed by atoms with van der Waals surface area (Å²) in [5.41, 5.74) is 1.59. The number of likely N-dealkylation sites (N-methyl/N-ethyl adjacent to an activating group) is 1. The number of nitrogens with one attached hydrogen (secondary N) is 1. The Balaban J connectivity index is 1.66. The number of anilines is 1. The molecule has 1 fully saturated rings. The van der Waals surface area contributed by atoms with E-state index >= 15 is 0 Å². The predicted octanol–water partition coefficient (Wildman–Crippen LogP) is 3.68. The minimum atomic E-state index is -0.275. The van der Waals surface area contributed by atoms with Gasteiger partial charge in [0.1, 0.15) is 12.4 Å². The maximum absolute atomic E-state index is 13.5. The summed E-state index contributed by atoms with van der Waals surface area (Å²) in [6.45, 7) is 4.96. The highest BCUT2D eigenvalue weighted by atomic mass is 16.5. The molecule has 0 bridgehead atoms. The van der Waals surface area contributed by atoms with Crippen LogP contribution in [-0.4, -0.2) is 73.5 Å². The van der Waals surface area contributed by atoms with Gasteiger partial charge in [0, 0.05) is 56.4 Å². The molecule has 1 aliphatic carbocycles. The van der Waals surface area contributed by atoms with Crippen molar-refractivity contribution in [3.8, 4) is 5.75 Å². The molecular formula is C28H35N3O5. The van der Waals surface area contributed by atoms with Crippen LogP contribution in [0.4, 0.5) is 5.69 Å². The molecular weight excluding hydrogens is 458 g/mol. The Bertz CT molecular complexity index is 1100. The molecule has 1 aliphatic heterocycles. The molecule has 8 heteroatoms. The Kier molecular flexibility index (Phi) is 7.94. The minimum Gasteiger partial charge on any atom is -0.491 e. The third-order valence-corrected chi connectivity index (χ3v) is 6.94. The first kappa shape index (κ1) is 25.7. The number of hydrogen-bond donors (Lipinski definition) is 1. The van der Waals surface area contributed by atoms with Crippen LogP contribution in [0.1, 0.15) is 47.4 Å². The number of rotatable bonds is 4. The van der Waals surface area contributed by atoms with E-state index in [-0.39, 0.29) is 48.3 Å². The van der Waals surface area contributed by atoms with Gasteiger partial charge in [-0.25, -0.2) is 0 Å². The summed E-state index contributed by atoms with van der Waals surface area (Å²) in [4.78, 5) is 42.6. The summed E-state index contributed by atoms with van der Waals surface area (Å²) in [7, 11) is 3.36. The van der Waals surface area contributed by atoms with Gasteiger partial charge in [0.2, 0.25) is 5.91 Å². The Labute approximate surface area is 212 Å². The monoisotopic (exact) mass is 493 g/mol. The largest absolute Gasteiger partial charge is 0.491 e. The molecule has 3 atom stereocenters. The van der Waals surface area contributed by atoms with Crippen LogP contribution in [-0.2, 0) is 9.53 Å². The van der Waals surface area contributed by atoms with Crippen LogP contribution in [0.25, 0.3) is 0 Å². The van der Waals surface area contributed by atoms with Gasteiger partial charge in [-0.15, -0.1) is 0 Å². The molecule has 2 aromatic rings. The topological polar surface area (TPSA) is 88.2 Å². The predicted molar refractivity (Wildman–Crippen MR) is 137 cm³/mol. The molecule has 192 valence electrons. The van der Waals surface area contributed by atoms with Gasteiger partial charge in [0.25, 0.3) is 11.8 Å². The Morgan fingerprint density at radius 1 is 1.06 bits per heavy atom. The summed E-state index contributed by atoms with van der Waals surface area (Å²) in [5, 5.41) is 2.92. The molecule has 0 spiro atoms. The van der Waals surface area contributed by atoms with E-state index in [9.17, 15) is 14.4 Å². The second-order valence-electron chi connectivity index (χ2n) is 9.90. The van der Waals surface area contributed by atoms with Crippen LogP contribution in [0.3, 0.4) is 0 Å². The van der Waals surface area contributed by atoms with Crippen molar-refractivity contribution in [2.45, 2.75) is 38.8 Å². The molecule has 8 nitrogen and oxygen atoms in total. The standard InChI is InChI=1S/C28H35N3O5/c1-18-15-31(27(33)21-8-6-5-7-9-21)19(2)17-36-24-14-22(29-26(32)20-10-11-20)12-13-23(24)28(34)30(3)16-25(18)35-4/h5-9,12-14,18-20,25H,10-11,15-17H2,1-4H3,(H,29,32)/t18-,19-,25-/m1/s1. The van der Waals surface area contributed by atoms with Crippen LogP contribution in [0.15, 0.2) is 48.5 Å². The molecule has 0 aromatic heterocycles. The zero-order chi connectivity index (χ0) is 25.8. The van der Waals surface area contributed by atoms with Crippen LogP contribution < -0.4 is 10.1 Å². The number of carbonyl (C=O) groups is 3. The number of carbonyl (C=O) groups excluding carboxylic acids is 3. The summed E-state index contributed by atoms with van der Waals surface area (Å²) in [5.74, 6) is 0.119. The maximum atomic E-state index is 13.5. The van der Waals surface area contributed by atoms with Crippen LogP contribution in [0.2, 0.25) is 0 Å². The number of nitrogens with zero attached hydrogens (tertiary/aromatic N) is 2. The molecule has 1 saturated carbocycles. The highest BCUT2D eigenvalue weighted by Crippen LogP contribution is 2.32. The number of ether oxygens (including phenoxy) is 2. The number of amides is 3. The zero-order valence-electron chi connectivity index (χ0n) is 21.4. The van der Waals surface area contributed by atoms with Gasteiger partial charge >= 0.3 is 0 Å². The minimum absolute atomic E-state index is 0.0172. The van der Waals surface area contributed by atoms with E-state index < -0.39 is 0 Å². The van der Waals surface area contributed by atoms with E-state index in [1.54, 1.807) is 49.4 Å².